The average Bonchev–Trinajstić information content (AvgIpc) is 2.44. The Morgan fingerprint density at radius 3 is 2.16 bits per heavy atom. The molecule has 0 saturated carbocycles. The molecule has 1 aromatic rings. The van der Waals surface area contributed by atoms with Gasteiger partial charge in [-0.05, 0) is 54.6 Å². The van der Waals surface area contributed by atoms with Crippen molar-refractivity contribution in [1.29, 1.82) is 0 Å². The Labute approximate surface area is 158 Å². The van der Waals surface area contributed by atoms with Gasteiger partial charge < -0.3 is 20.7 Å². The minimum atomic E-state index is 0.169. The lowest BCUT2D eigenvalue weighted by Gasteiger charge is -2.31. The number of benzene rings is 1. The summed E-state index contributed by atoms with van der Waals surface area (Å²) in [7, 11) is 0. The number of anilines is 2. The van der Waals surface area contributed by atoms with Crippen molar-refractivity contribution >= 4 is 34.5 Å². The fourth-order valence-electron chi connectivity index (χ4n) is 3.07. The summed E-state index contributed by atoms with van der Waals surface area (Å²) in [6.07, 6.45) is 0.535. The second-order valence-electron chi connectivity index (χ2n) is 7.77. The first kappa shape index (κ1) is 21.4. The molecule has 0 aliphatic rings. The van der Waals surface area contributed by atoms with Crippen LogP contribution < -0.4 is 16.0 Å². The standard InChI is InChI=1S/C20H33N3OS/c1-13(2)11-23(12-14(3)4)19-8-7-17(15(5)9-16(6)24)10-18(19)22-20(21)25/h7-8,10,13-15H,9,11-12H2,1-6H3,(H3,21,22,25). The fraction of sp³-hybridized carbons (Fsp3) is 0.600. The van der Waals surface area contributed by atoms with Crippen LogP contribution in [0, 0.1) is 11.8 Å². The predicted octanol–water partition coefficient (Wildman–Crippen LogP) is 4.54. The van der Waals surface area contributed by atoms with Gasteiger partial charge >= 0.3 is 0 Å². The van der Waals surface area contributed by atoms with Crippen LogP contribution in [-0.2, 0) is 4.79 Å². The zero-order valence-corrected chi connectivity index (χ0v) is 17.2. The number of hydrogen-bond donors (Lipinski definition) is 2. The smallest absolute Gasteiger partial charge is 0.168 e. The van der Waals surface area contributed by atoms with Gasteiger partial charge in [-0.15, -0.1) is 0 Å². The second kappa shape index (κ2) is 9.76. The lowest BCUT2D eigenvalue weighted by molar-refractivity contribution is -0.117. The molecule has 4 nitrogen and oxygen atoms in total. The molecule has 1 unspecified atom stereocenters. The molecule has 1 atom stereocenters. The molecule has 3 N–H and O–H groups in total. The number of carbonyl (C=O) groups excluding carboxylic acids is 1. The van der Waals surface area contributed by atoms with E-state index in [2.05, 4.69) is 63.0 Å². The van der Waals surface area contributed by atoms with Gasteiger partial charge in [-0.25, -0.2) is 0 Å². The number of rotatable bonds is 9. The first-order valence-electron chi connectivity index (χ1n) is 9.04. The Morgan fingerprint density at radius 1 is 1.16 bits per heavy atom. The first-order valence-corrected chi connectivity index (χ1v) is 9.45. The van der Waals surface area contributed by atoms with Crippen LogP contribution in [0.2, 0.25) is 0 Å². The number of thiocarbonyl (C=S) groups is 1. The molecule has 0 radical (unpaired) electrons. The molecule has 1 rings (SSSR count). The van der Waals surface area contributed by atoms with E-state index < -0.39 is 0 Å². The largest absolute Gasteiger partial charge is 0.376 e. The van der Waals surface area contributed by atoms with Crippen molar-refractivity contribution in [2.75, 3.05) is 23.3 Å². The van der Waals surface area contributed by atoms with Gasteiger partial charge in [-0.1, -0.05) is 40.7 Å². The molecule has 0 spiro atoms. The van der Waals surface area contributed by atoms with Gasteiger partial charge in [0, 0.05) is 19.5 Å². The van der Waals surface area contributed by atoms with Crippen LogP contribution in [-0.4, -0.2) is 24.0 Å². The quantitative estimate of drug-likeness (QED) is 0.631. The maximum Gasteiger partial charge on any atom is 0.168 e. The van der Waals surface area contributed by atoms with E-state index in [9.17, 15) is 4.79 Å². The number of nitrogens with one attached hydrogen (secondary N) is 1. The Hall–Kier alpha value is -1.62. The topological polar surface area (TPSA) is 58.4 Å². The van der Waals surface area contributed by atoms with Gasteiger partial charge in [0.2, 0.25) is 0 Å². The third kappa shape index (κ3) is 7.43. The Bertz CT molecular complexity index is 589. The first-order chi connectivity index (χ1) is 11.6. The Kier molecular flexibility index (Phi) is 8.36. The highest BCUT2D eigenvalue weighted by molar-refractivity contribution is 7.80. The molecule has 0 saturated heterocycles. The van der Waals surface area contributed by atoms with Gasteiger partial charge in [0.15, 0.2) is 5.11 Å². The number of carbonyl (C=O) groups is 1. The third-order valence-corrected chi connectivity index (χ3v) is 4.05. The van der Waals surface area contributed by atoms with Crippen LogP contribution in [0.1, 0.15) is 59.4 Å². The fourth-order valence-corrected chi connectivity index (χ4v) is 3.18. The van der Waals surface area contributed by atoms with Crippen LogP contribution in [0.15, 0.2) is 18.2 Å². The van der Waals surface area contributed by atoms with Crippen LogP contribution in [0.4, 0.5) is 11.4 Å². The highest BCUT2D eigenvalue weighted by atomic mass is 32.1. The van der Waals surface area contributed by atoms with E-state index in [1.165, 1.54) is 0 Å². The monoisotopic (exact) mass is 363 g/mol. The lowest BCUT2D eigenvalue weighted by atomic mass is 9.95. The highest BCUT2D eigenvalue weighted by Crippen LogP contribution is 2.32. The molecule has 5 heteroatoms. The number of nitrogens with zero attached hydrogens (tertiary/aromatic N) is 1. The van der Waals surface area contributed by atoms with Crippen molar-refractivity contribution in [3.8, 4) is 0 Å². The number of ketones is 1. The molecule has 25 heavy (non-hydrogen) atoms. The van der Waals surface area contributed by atoms with Gasteiger partial charge in [0.1, 0.15) is 5.78 Å². The van der Waals surface area contributed by atoms with E-state index in [0.717, 1.165) is 30.0 Å². The van der Waals surface area contributed by atoms with E-state index in [1.54, 1.807) is 6.92 Å². The SMILES string of the molecule is CC(=O)CC(C)c1ccc(N(CC(C)C)CC(C)C)c(NC(N)=S)c1. The summed E-state index contributed by atoms with van der Waals surface area (Å²) in [6, 6.07) is 6.31. The van der Waals surface area contributed by atoms with Crippen molar-refractivity contribution in [3.05, 3.63) is 23.8 Å². The molecular weight excluding hydrogens is 330 g/mol. The van der Waals surface area contributed by atoms with E-state index in [0.29, 0.717) is 18.3 Å². The maximum absolute atomic E-state index is 11.4. The van der Waals surface area contributed by atoms with Gasteiger partial charge in [0.25, 0.3) is 0 Å². The number of nitrogens with two attached hydrogens (primary N) is 1. The molecule has 0 fully saturated rings. The van der Waals surface area contributed by atoms with Crippen molar-refractivity contribution in [2.24, 2.45) is 17.6 Å². The molecule has 140 valence electrons. The summed E-state index contributed by atoms with van der Waals surface area (Å²) in [4.78, 5) is 13.8. The molecule has 0 bridgehead atoms. The van der Waals surface area contributed by atoms with Gasteiger partial charge in [0.05, 0.1) is 11.4 Å². The summed E-state index contributed by atoms with van der Waals surface area (Å²) in [5.74, 6) is 1.46. The molecule has 0 amide bonds. The van der Waals surface area contributed by atoms with Crippen molar-refractivity contribution in [2.45, 2.75) is 53.9 Å². The Morgan fingerprint density at radius 2 is 1.72 bits per heavy atom. The predicted molar refractivity (Wildman–Crippen MR) is 112 cm³/mol. The summed E-state index contributed by atoms with van der Waals surface area (Å²) in [5.41, 5.74) is 8.89. The Balaban J connectivity index is 3.26. The number of hydrogen-bond acceptors (Lipinski definition) is 3. The van der Waals surface area contributed by atoms with Gasteiger partial charge in [-0.3, -0.25) is 0 Å². The minimum Gasteiger partial charge on any atom is -0.376 e. The van der Waals surface area contributed by atoms with E-state index in [4.69, 9.17) is 18.0 Å². The summed E-state index contributed by atoms with van der Waals surface area (Å²) in [6.45, 7) is 14.5. The molecule has 0 aliphatic heterocycles. The zero-order chi connectivity index (χ0) is 19.1. The molecule has 0 heterocycles. The second-order valence-corrected chi connectivity index (χ2v) is 8.21. The average molecular weight is 364 g/mol. The number of Topliss-reactive ketones (excluding diaryl/α,β-unsaturated/α-hetero) is 1. The summed E-state index contributed by atoms with van der Waals surface area (Å²) >= 11 is 5.07. The molecule has 0 aliphatic carbocycles. The maximum atomic E-state index is 11.4. The van der Waals surface area contributed by atoms with Crippen LogP contribution in [0.3, 0.4) is 0 Å². The van der Waals surface area contributed by atoms with Crippen LogP contribution >= 0.6 is 12.2 Å². The third-order valence-electron chi connectivity index (χ3n) is 3.95. The molecule has 0 aromatic heterocycles. The minimum absolute atomic E-state index is 0.169. The van der Waals surface area contributed by atoms with Crippen LogP contribution in [0.5, 0.6) is 0 Å². The lowest BCUT2D eigenvalue weighted by Crippen LogP contribution is -2.32. The molecular formula is C20H33N3OS. The van der Waals surface area contributed by atoms with Crippen molar-refractivity contribution in [3.63, 3.8) is 0 Å². The van der Waals surface area contributed by atoms with Crippen molar-refractivity contribution < 1.29 is 4.79 Å². The van der Waals surface area contributed by atoms with Crippen LogP contribution in [0.25, 0.3) is 0 Å². The van der Waals surface area contributed by atoms with E-state index in [-0.39, 0.29) is 16.8 Å². The highest BCUT2D eigenvalue weighted by Gasteiger charge is 2.17. The van der Waals surface area contributed by atoms with E-state index in [1.807, 2.05) is 0 Å². The van der Waals surface area contributed by atoms with Crippen molar-refractivity contribution in [1.82, 2.24) is 0 Å². The normalized spacial score (nSPS) is 12.3. The van der Waals surface area contributed by atoms with Gasteiger partial charge in [-0.2, -0.15) is 0 Å². The summed E-state index contributed by atoms with van der Waals surface area (Å²) in [5, 5.41) is 3.39. The summed E-state index contributed by atoms with van der Waals surface area (Å²) < 4.78 is 0. The zero-order valence-electron chi connectivity index (χ0n) is 16.4. The van der Waals surface area contributed by atoms with E-state index >= 15 is 0 Å². The molecule has 1 aromatic carbocycles.